The van der Waals surface area contributed by atoms with Crippen molar-refractivity contribution in [2.75, 3.05) is 0 Å². The molecule has 0 aliphatic heterocycles. The molecule has 0 unspecified atom stereocenters. The lowest BCUT2D eigenvalue weighted by atomic mass is 10.5. The second-order valence-corrected chi connectivity index (χ2v) is 3.20. The zero-order chi connectivity index (χ0) is 11.5. The molecule has 2 rings (SSSR count). The van der Waals surface area contributed by atoms with E-state index in [-0.39, 0.29) is 5.69 Å². The molecule has 0 aliphatic rings. The number of rotatable bonds is 2. The molecule has 0 saturated heterocycles. The summed E-state index contributed by atoms with van der Waals surface area (Å²) in [7, 11) is 1.78. The molecule has 0 aromatic carbocycles. The van der Waals surface area contributed by atoms with E-state index in [1.807, 2.05) is 13.0 Å². The van der Waals surface area contributed by atoms with Gasteiger partial charge in [-0.3, -0.25) is 0 Å². The van der Waals surface area contributed by atoms with Gasteiger partial charge in [-0.2, -0.15) is 10.4 Å². The van der Waals surface area contributed by atoms with E-state index in [0.29, 0.717) is 11.8 Å². The van der Waals surface area contributed by atoms with Crippen molar-refractivity contribution < 1.29 is 4.74 Å². The van der Waals surface area contributed by atoms with Crippen LogP contribution in [0.1, 0.15) is 11.4 Å². The van der Waals surface area contributed by atoms with Crippen molar-refractivity contribution in [2.24, 2.45) is 7.05 Å². The van der Waals surface area contributed by atoms with E-state index in [1.165, 1.54) is 12.4 Å². The van der Waals surface area contributed by atoms with Crippen LogP contribution in [0.4, 0.5) is 0 Å². The fraction of sp³-hybridized carbons (Fsp3) is 0.200. The summed E-state index contributed by atoms with van der Waals surface area (Å²) in [4.78, 5) is 7.80. The number of hydrogen-bond donors (Lipinski definition) is 0. The third kappa shape index (κ3) is 1.98. The highest BCUT2D eigenvalue weighted by Crippen LogP contribution is 2.18. The van der Waals surface area contributed by atoms with Crippen LogP contribution in [-0.4, -0.2) is 19.7 Å². The van der Waals surface area contributed by atoms with Crippen molar-refractivity contribution in [3.63, 3.8) is 0 Å². The van der Waals surface area contributed by atoms with Gasteiger partial charge in [0.15, 0.2) is 5.69 Å². The molecule has 6 heteroatoms. The van der Waals surface area contributed by atoms with E-state index >= 15 is 0 Å². The summed E-state index contributed by atoms with van der Waals surface area (Å²) in [5, 5.41) is 12.7. The van der Waals surface area contributed by atoms with Crippen LogP contribution >= 0.6 is 0 Å². The van der Waals surface area contributed by atoms with Crippen LogP contribution in [-0.2, 0) is 7.05 Å². The molecule has 16 heavy (non-hydrogen) atoms. The van der Waals surface area contributed by atoms with Crippen molar-refractivity contribution in [2.45, 2.75) is 6.92 Å². The minimum atomic E-state index is 0.258. The Morgan fingerprint density at radius 1 is 1.38 bits per heavy atom. The van der Waals surface area contributed by atoms with Gasteiger partial charge in [-0.15, -0.1) is 0 Å². The zero-order valence-corrected chi connectivity index (χ0v) is 8.88. The Morgan fingerprint density at radius 2 is 2.19 bits per heavy atom. The lowest BCUT2D eigenvalue weighted by molar-refractivity contribution is 0.413. The fourth-order valence-electron chi connectivity index (χ4n) is 1.22. The van der Waals surface area contributed by atoms with Crippen LogP contribution in [0.25, 0.3) is 0 Å². The van der Waals surface area contributed by atoms with Gasteiger partial charge in [-0.25, -0.2) is 14.6 Å². The Kier molecular flexibility index (Phi) is 2.52. The molecule has 0 saturated carbocycles. The monoisotopic (exact) mass is 215 g/mol. The average molecular weight is 215 g/mol. The highest BCUT2D eigenvalue weighted by molar-refractivity contribution is 5.23. The van der Waals surface area contributed by atoms with Crippen LogP contribution in [0.2, 0.25) is 0 Å². The highest BCUT2D eigenvalue weighted by Gasteiger charge is 2.05. The van der Waals surface area contributed by atoms with E-state index < -0.39 is 0 Å². The number of nitrogens with zero attached hydrogens (tertiary/aromatic N) is 5. The third-order valence-corrected chi connectivity index (χ3v) is 1.91. The summed E-state index contributed by atoms with van der Waals surface area (Å²) in [6, 6.07) is 3.68. The maximum absolute atomic E-state index is 8.56. The Bertz CT molecular complexity index is 537. The molecule has 2 heterocycles. The van der Waals surface area contributed by atoms with Crippen molar-refractivity contribution in [1.29, 1.82) is 5.26 Å². The first-order valence-electron chi connectivity index (χ1n) is 4.59. The van der Waals surface area contributed by atoms with Crippen molar-refractivity contribution in [3.8, 4) is 17.8 Å². The molecule has 0 radical (unpaired) electrons. The van der Waals surface area contributed by atoms with Gasteiger partial charge >= 0.3 is 0 Å². The molecule has 80 valence electrons. The summed E-state index contributed by atoms with van der Waals surface area (Å²) >= 11 is 0. The fourth-order valence-corrected chi connectivity index (χ4v) is 1.22. The van der Waals surface area contributed by atoms with Gasteiger partial charge < -0.3 is 4.74 Å². The van der Waals surface area contributed by atoms with Crippen LogP contribution < -0.4 is 4.74 Å². The van der Waals surface area contributed by atoms with E-state index in [4.69, 9.17) is 10.00 Å². The van der Waals surface area contributed by atoms with E-state index in [9.17, 15) is 0 Å². The van der Waals surface area contributed by atoms with Gasteiger partial charge in [-0.05, 0) is 6.92 Å². The van der Waals surface area contributed by atoms with Gasteiger partial charge in [0.25, 0.3) is 0 Å². The summed E-state index contributed by atoms with van der Waals surface area (Å²) in [6.07, 6.45) is 2.76. The quantitative estimate of drug-likeness (QED) is 0.751. The molecule has 0 amide bonds. The van der Waals surface area contributed by atoms with E-state index in [0.717, 1.165) is 5.69 Å². The first-order valence-corrected chi connectivity index (χ1v) is 4.59. The summed E-state index contributed by atoms with van der Waals surface area (Å²) in [5.41, 5.74) is 1.12. The normalized spacial score (nSPS) is 9.81. The van der Waals surface area contributed by atoms with E-state index in [1.54, 1.807) is 17.8 Å². The Morgan fingerprint density at radius 3 is 2.69 bits per heavy atom. The highest BCUT2D eigenvalue weighted by atomic mass is 16.5. The molecule has 0 spiro atoms. The first-order chi connectivity index (χ1) is 7.69. The average Bonchev–Trinajstić information content (AvgIpc) is 2.59. The Labute approximate surface area is 92.1 Å². The predicted octanol–water partition coefficient (Wildman–Crippen LogP) is 1.18. The lowest BCUT2D eigenvalue weighted by Gasteiger charge is -2.02. The molecular weight excluding hydrogens is 206 g/mol. The van der Waals surface area contributed by atoms with Crippen molar-refractivity contribution in [3.05, 3.63) is 29.8 Å². The molecule has 2 aromatic rings. The van der Waals surface area contributed by atoms with Gasteiger partial charge in [0.1, 0.15) is 6.07 Å². The predicted molar refractivity (Wildman–Crippen MR) is 54.8 cm³/mol. The molecule has 0 bridgehead atoms. The smallest absolute Gasteiger partial charge is 0.239 e. The van der Waals surface area contributed by atoms with Crippen molar-refractivity contribution >= 4 is 0 Å². The summed E-state index contributed by atoms with van der Waals surface area (Å²) in [6.45, 7) is 1.87. The third-order valence-electron chi connectivity index (χ3n) is 1.91. The van der Waals surface area contributed by atoms with Crippen LogP contribution in [0.5, 0.6) is 11.8 Å². The number of hydrogen-bond acceptors (Lipinski definition) is 5. The maximum Gasteiger partial charge on any atom is 0.239 e. The van der Waals surface area contributed by atoms with Gasteiger partial charge in [-0.1, -0.05) is 0 Å². The minimum Gasteiger partial charge on any atom is -0.419 e. The topological polar surface area (TPSA) is 76.6 Å². The summed E-state index contributed by atoms with van der Waals surface area (Å²) < 4.78 is 7.05. The second kappa shape index (κ2) is 3.98. The first kappa shape index (κ1) is 10.1. The number of aromatic nitrogens is 4. The van der Waals surface area contributed by atoms with Gasteiger partial charge in [0.05, 0.1) is 18.1 Å². The summed E-state index contributed by atoms with van der Waals surface area (Å²) in [5.74, 6) is 0.915. The standard InChI is InChI=1S/C10H9N5O/c1-7-3-10(15(2)14-7)16-9-6-12-8(4-11)5-13-9/h3,5-6H,1-2H3. The molecule has 0 N–H and O–H groups in total. The van der Waals surface area contributed by atoms with Crippen LogP contribution in [0.15, 0.2) is 18.5 Å². The zero-order valence-electron chi connectivity index (χ0n) is 8.88. The van der Waals surface area contributed by atoms with Crippen molar-refractivity contribution in [1.82, 2.24) is 19.7 Å². The molecule has 0 atom stereocenters. The molecular formula is C10H9N5O. The number of aryl methyl sites for hydroxylation is 2. The van der Waals surface area contributed by atoms with E-state index in [2.05, 4.69) is 15.1 Å². The van der Waals surface area contributed by atoms with Crippen LogP contribution in [0, 0.1) is 18.3 Å². The Balaban J connectivity index is 2.21. The molecule has 0 fully saturated rings. The Hall–Kier alpha value is -2.42. The molecule has 0 aliphatic carbocycles. The minimum absolute atomic E-state index is 0.258. The van der Waals surface area contributed by atoms with Crippen LogP contribution in [0.3, 0.4) is 0 Å². The number of nitriles is 1. The van der Waals surface area contributed by atoms with Gasteiger partial charge in [0, 0.05) is 13.1 Å². The van der Waals surface area contributed by atoms with Gasteiger partial charge in [0.2, 0.25) is 11.8 Å². The lowest BCUT2D eigenvalue weighted by Crippen LogP contribution is -1.97. The second-order valence-electron chi connectivity index (χ2n) is 3.20. The maximum atomic E-state index is 8.56. The number of ether oxygens (including phenoxy) is 1. The SMILES string of the molecule is Cc1cc(Oc2cnc(C#N)cn2)n(C)n1. The molecule has 6 nitrogen and oxygen atoms in total. The molecule has 2 aromatic heterocycles. The largest absolute Gasteiger partial charge is 0.419 e.